The summed E-state index contributed by atoms with van der Waals surface area (Å²) >= 11 is 3.39. The maximum Gasteiger partial charge on any atom is 0.291 e. The Morgan fingerprint density at radius 3 is 2.55 bits per heavy atom. The van der Waals surface area contributed by atoms with Crippen molar-refractivity contribution in [2.45, 2.75) is 39.3 Å². The van der Waals surface area contributed by atoms with Gasteiger partial charge in [-0.25, -0.2) is 0 Å². The van der Waals surface area contributed by atoms with Crippen LogP contribution in [0, 0.1) is 0 Å². The highest BCUT2D eigenvalue weighted by Crippen LogP contribution is 2.22. The molecule has 1 N–H and O–H groups in total. The molecule has 0 saturated heterocycles. The molecule has 0 spiro atoms. The Hall–Kier alpha value is -3.32. The molecule has 7 heteroatoms. The molecule has 0 aliphatic rings. The second-order valence-corrected chi connectivity index (χ2v) is 8.86. The molecule has 4 aromatic rings. The van der Waals surface area contributed by atoms with E-state index < -0.39 is 0 Å². The van der Waals surface area contributed by atoms with E-state index in [1.165, 1.54) is 5.56 Å². The van der Waals surface area contributed by atoms with Gasteiger partial charge in [-0.2, -0.15) is 5.10 Å². The van der Waals surface area contributed by atoms with Crippen molar-refractivity contribution < 1.29 is 13.9 Å². The van der Waals surface area contributed by atoms with Gasteiger partial charge in [0.1, 0.15) is 18.1 Å². The Bertz CT molecular complexity index is 1200. The summed E-state index contributed by atoms with van der Waals surface area (Å²) in [6.45, 7) is 5.30. The van der Waals surface area contributed by atoms with E-state index in [0.29, 0.717) is 23.9 Å². The van der Waals surface area contributed by atoms with E-state index in [-0.39, 0.29) is 18.3 Å². The summed E-state index contributed by atoms with van der Waals surface area (Å²) in [4.78, 5) is 12.5. The van der Waals surface area contributed by atoms with Crippen molar-refractivity contribution in [3.63, 3.8) is 0 Å². The molecule has 0 fully saturated rings. The molecular formula is C26H26BrN3O3. The minimum atomic E-state index is -0.303. The Morgan fingerprint density at radius 2 is 1.88 bits per heavy atom. The fourth-order valence-corrected chi connectivity index (χ4v) is 3.69. The largest absolute Gasteiger partial charge is 0.486 e. The normalized spacial score (nSPS) is 11.8. The summed E-state index contributed by atoms with van der Waals surface area (Å²) in [6.07, 6.45) is 4.77. The lowest BCUT2D eigenvalue weighted by atomic mass is 9.99. The van der Waals surface area contributed by atoms with E-state index in [4.69, 9.17) is 9.15 Å². The lowest BCUT2D eigenvalue weighted by Crippen LogP contribution is -2.11. The Labute approximate surface area is 201 Å². The molecule has 0 aliphatic carbocycles. The van der Waals surface area contributed by atoms with E-state index in [1.54, 1.807) is 18.3 Å². The van der Waals surface area contributed by atoms with Crippen molar-refractivity contribution in [1.82, 2.24) is 9.78 Å². The molecule has 1 atom stereocenters. The average molecular weight is 508 g/mol. The molecule has 2 aromatic carbocycles. The van der Waals surface area contributed by atoms with Crippen LogP contribution in [0.5, 0.6) is 5.75 Å². The van der Waals surface area contributed by atoms with Gasteiger partial charge in [0, 0.05) is 11.9 Å². The number of ether oxygens (including phenoxy) is 1. The summed E-state index contributed by atoms with van der Waals surface area (Å²) in [5.74, 6) is 1.83. The highest BCUT2D eigenvalue weighted by atomic mass is 79.9. The summed E-state index contributed by atoms with van der Waals surface area (Å²) in [5.41, 5.74) is 3.07. The van der Waals surface area contributed by atoms with Gasteiger partial charge >= 0.3 is 0 Å². The van der Waals surface area contributed by atoms with Crippen LogP contribution >= 0.6 is 15.9 Å². The van der Waals surface area contributed by atoms with Crippen molar-refractivity contribution >= 4 is 27.5 Å². The molecule has 0 saturated carbocycles. The molecule has 0 unspecified atom stereocenters. The molecule has 2 aromatic heterocycles. The topological polar surface area (TPSA) is 69.3 Å². The van der Waals surface area contributed by atoms with Gasteiger partial charge in [-0.1, -0.05) is 38.1 Å². The van der Waals surface area contributed by atoms with E-state index in [1.807, 2.05) is 47.3 Å². The number of amides is 1. The molecule has 1 amide bonds. The van der Waals surface area contributed by atoms with Crippen LogP contribution in [0.2, 0.25) is 0 Å². The number of hydrogen-bond acceptors (Lipinski definition) is 4. The lowest BCUT2D eigenvalue weighted by Gasteiger charge is -2.10. The third-order valence-corrected chi connectivity index (χ3v) is 5.90. The fourth-order valence-electron chi connectivity index (χ4n) is 3.36. The Morgan fingerprint density at radius 1 is 1.12 bits per heavy atom. The van der Waals surface area contributed by atoms with Crippen LogP contribution in [0.1, 0.15) is 53.6 Å². The molecule has 33 heavy (non-hydrogen) atoms. The van der Waals surface area contributed by atoms with Gasteiger partial charge < -0.3 is 14.5 Å². The van der Waals surface area contributed by atoms with Gasteiger partial charge in [0.15, 0.2) is 5.76 Å². The van der Waals surface area contributed by atoms with E-state index in [2.05, 4.69) is 52.3 Å². The van der Waals surface area contributed by atoms with Crippen molar-refractivity contribution in [3.8, 4) is 5.75 Å². The third kappa shape index (κ3) is 6.14. The highest BCUT2D eigenvalue weighted by Gasteiger charge is 2.12. The minimum Gasteiger partial charge on any atom is -0.486 e. The second kappa shape index (κ2) is 10.5. The number of anilines is 1. The second-order valence-electron chi connectivity index (χ2n) is 7.94. The number of hydrogen-bond donors (Lipinski definition) is 1. The maximum atomic E-state index is 12.5. The third-order valence-electron chi connectivity index (χ3n) is 5.49. The zero-order valence-electron chi connectivity index (χ0n) is 18.6. The molecule has 170 valence electrons. The molecule has 4 rings (SSSR count). The monoisotopic (exact) mass is 507 g/mol. The van der Waals surface area contributed by atoms with E-state index in [0.717, 1.165) is 22.2 Å². The number of carbonyl (C=O) groups is 1. The first-order valence-electron chi connectivity index (χ1n) is 10.9. The number of halogens is 1. The van der Waals surface area contributed by atoms with Gasteiger partial charge in [0.05, 0.1) is 17.2 Å². The Balaban J connectivity index is 1.29. The zero-order valence-corrected chi connectivity index (χ0v) is 20.2. The smallest absolute Gasteiger partial charge is 0.291 e. The van der Waals surface area contributed by atoms with Gasteiger partial charge in [-0.15, -0.1) is 0 Å². The van der Waals surface area contributed by atoms with Crippen molar-refractivity contribution in [2.24, 2.45) is 0 Å². The Kier molecular flexibility index (Phi) is 7.29. The number of nitrogens with zero attached hydrogens (tertiary/aromatic N) is 2. The summed E-state index contributed by atoms with van der Waals surface area (Å²) in [6, 6.07) is 19.2. The van der Waals surface area contributed by atoms with Crippen LogP contribution in [0.25, 0.3) is 0 Å². The van der Waals surface area contributed by atoms with Crippen molar-refractivity contribution in [1.29, 1.82) is 0 Å². The first-order valence-corrected chi connectivity index (χ1v) is 11.7. The quantitative estimate of drug-likeness (QED) is 0.276. The molecule has 6 nitrogen and oxygen atoms in total. The van der Waals surface area contributed by atoms with Crippen LogP contribution < -0.4 is 10.1 Å². The number of aromatic nitrogens is 2. The van der Waals surface area contributed by atoms with Crippen molar-refractivity contribution in [3.05, 3.63) is 100 Å². The zero-order chi connectivity index (χ0) is 23.2. The summed E-state index contributed by atoms with van der Waals surface area (Å²) in [5, 5.41) is 7.11. The van der Waals surface area contributed by atoms with Crippen LogP contribution in [0.4, 0.5) is 5.69 Å². The fraction of sp³-hybridized carbons (Fsp3) is 0.231. The average Bonchev–Trinajstić information content (AvgIpc) is 3.48. The standard InChI is InChI=1S/C26H26BrN3O3/c1-3-18(2)20-6-10-23(11-7-20)32-17-24-12-13-25(33-24)26(31)29-22-8-4-19(5-9-22)15-30-16-21(27)14-28-30/h4-14,16,18H,3,15,17H2,1-2H3,(H,29,31)/t18-/m0/s1. The first-order chi connectivity index (χ1) is 16.0. The maximum absolute atomic E-state index is 12.5. The number of carbonyl (C=O) groups excluding carboxylic acids is 1. The summed E-state index contributed by atoms with van der Waals surface area (Å²) < 4.78 is 14.2. The molecule has 0 bridgehead atoms. The SMILES string of the molecule is CC[C@H](C)c1ccc(OCc2ccc(C(=O)Nc3ccc(Cn4cc(Br)cn4)cc3)o2)cc1. The molecular weight excluding hydrogens is 482 g/mol. The number of furan rings is 1. The number of nitrogens with one attached hydrogen (secondary N) is 1. The van der Waals surface area contributed by atoms with Gasteiger partial charge in [-0.05, 0) is 75.8 Å². The van der Waals surface area contributed by atoms with Gasteiger partial charge in [-0.3, -0.25) is 9.48 Å². The lowest BCUT2D eigenvalue weighted by molar-refractivity contribution is 0.0992. The van der Waals surface area contributed by atoms with Gasteiger partial charge in [0.2, 0.25) is 0 Å². The predicted octanol–water partition coefficient (Wildman–Crippen LogP) is 6.63. The number of benzene rings is 2. The first kappa shape index (κ1) is 22.9. The van der Waals surface area contributed by atoms with Crippen molar-refractivity contribution in [2.75, 3.05) is 5.32 Å². The van der Waals surface area contributed by atoms with E-state index >= 15 is 0 Å². The van der Waals surface area contributed by atoms with E-state index in [9.17, 15) is 4.79 Å². The van der Waals surface area contributed by atoms with Gasteiger partial charge in [0.25, 0.3) is 5.91 Å². The highest BCUT2D eigenvalue weighted by molar-refractivity contribution is 9.10. The number of rotatable bonds is 9. The minimum absolute atomic E-state index is 0.242. The molecule has 0 aliphatic heterocycles. The van der Waals surface area contributed by atoms with Crippen LogP contribution in [-0.2, 0) is 13.2 Å². The van der Waals surface area contributed by atoms with Crippen LogP contribution in [0.3, 0.4) is 0 Å². The van der Waals surface area contributed by atoms with Crippen LogP contribution in [0.15, 0.2) is 81.9 Å². The molecule has 0 radical (unpaired) electrons. The predicted molar refractivity (Wildman–Crippen MR) is 132 cm³/mol. The summed E-state index contributed by atoms with van der Waals surface area (Å²) in [7, 11) is 0. The molecule has 2 heterocycles. The van der Waals surface area contributed by atoms with Crippen LogP contribution in [-0.4, -0.2) is 15.7 Å².